The van der Waals surface area contributed by atoms with E-state index in [4.69, 9.17) is 9.72 Å². The molecule has 2 heterocycles. The highest BCUT2D eigenvalue weighted by Gasteiger charge is 2.15. The van der Waals surface area contributed by atoms with Crippen LogP contribution in [0.5, 0.6) is 5.75 Å². The molecule has 8 nitrogen and oxygen atoms in total. The minimum atomic E-state index is -0.167. The van der Waals surface area contributed by atoms with Crippen molar-refractivity contribution in [3.8, 4) is 5.75 Å². The van der Waals surface area contributed by atoms with Crippen LogP contribution in [0.25, 0.3) is 11.0 Å². The van der Waals surface area contributed by atoms with Gasteiger partial charge in [0, 0.05) is 18.8 Å². The summed E-state index contributed by atoms with van der Waals surface area (Å²) in [6.07, 6.45) is 3.85. The van der Waals surface area contributed by atoms with Crippen LogP contribution in [0, 0.1) is 0 Å². The maximum Gasteiger partial charge on any atom is 0.255 e. The van der Waals surface area contributed by atoms with Gasteiger partial charge in [-0.15, -0.1) is 0 Å². The molecule has 166 valence electrons. The summed E-state index contributed by atoms with van der Waals surface area (Å²) in [6, 6.07) is 7.25. The van der Waals surface area contributed by atoms with Crippen molar-refractivity contribution in [2.45, 2.75) is 45.3 Å². The fraction of sp³-hybridized carbons (Fsp3) is 0.455. The molecule has 0 fully saturated rings. The van der Waals surface area contributed by atoms with Crippen LogP contribution < -0.4 is 15.4 Å². The predicted octanol–water partition coefficient (Wildman–Crippen LogP) is 3.98. The number of nitrogens with one attached hydrogen (secondary N) is 2. The summed E-state index contributed by atoms with van der Waals surface area (Å²) >= 11 is 1.64. The van der Waals surface area contributed by atoms with Crippen molar-refractivity contribution in [3.05, 3.63) is 36.0 Å². The average Bonchev–Trinajstić information content (AvgIpc) is 3.19. The minimum Gasteiger partial charge on any atom is -0.493 e. The first-order valence-electron chi connectivity index (χ1n) is 10.8. The van der Waals surface area contributed by atoms with Crippen molar-refractivity contribution in [3.63, 3.8) is 0 Å². The van der Waals surface area contributed by atoms with Crippen LogP contribution in [0.3, 0.4) is 0 Å². The van der Waals surface area contributed by atoms with E-state index in [9.17, 15) is 4.79 Å². The molecule has 0 bridgehead atoms. The molecule has 1 aromatic carbocycles. The Hall–Kier alpha value is -2.81. The van der Waals surface area contributed by atoms with E-state index in [1.807, 2.05) is 23.7 Å². The minimum absolute atomic E-state index is 0.167. The van der Waals surface area contributed by atoms with Gasteiger partial charge in [0.15, 0.2) is 10.8 Å². The third-order valence-electron chi connectivity index (χ3n) is 4.49. The lowest BCUT2D eigenvalue weighted by Gasteiger charge is -2.11. The molecule has 3 rings (SSSR count). The molecule has 3 aromatic rings. The Morgan fingerprint density at radius 1 is 1.13 bits per heavy atom. The number of nitrogens with zero attached hydrogens (tertiary/aromatic N) is 4. The van der Waals surface area contributed by atoms with Crippen LogP contribution in [-0.2, 0) is 6.54 Å². The Bertz CT molecular complexity index is 1010. The smallest absolute Gasteiger partial charge is 0.255 e. The third-order valence-corrected chi connectivity index (χ3v) is 5.55. The van der Waals surface area contributed by atoms with E-state index in [-0.39, 0.29) is 5.91 Å². The highest BCUT2D eigenvalue weighted by Crippen LogP contribution is 2.25. The zero-order valence-corrected chi connectivity index (χ0v) is 19.2. The molecule has 0 saturated heterocycles. The molecule has 1 amide bonds. The molecule has 0 spiro atoms. The Morgan fingerprint density at radius 3 is 2.74 bits per heavy atom. The number of thioether (sulfide) groups is 1. The van der Waals surface area contributed by atoms with Crippen LogP contribution >= 0.6 is 11.8 Å². The van der Waals surface area contributed by atoms with Crippen LogP contribution in [0.1, 0.15) is 44.0 Å². The van der Waals surface area contributed by atoms with Crippen molar-refractivity contribution >= 4 is 34.5 Å². The van der Waals surface area contributed by atoms with Crippen molar-refractivity contribution in [1.29, 1.82) is 0 Å². The summed E-state index contributed by atoms with van der Waals surface area (Å²) in [5.41, 5.74) is 1.30. The SMILES string of the molecule is CCCNc1nc(SCCC)nc2c1cnn2CCNC(=O)c1ccccc1OCC. The normalized spacial score (nSPS) is 10.9. The molecule has 2 aromatic heterocycles. The molecule has 2 N–H and O–H groups in total. The largest absolute Gasteiger partial charge is 0.493 e. The van der Waals surface area contributed by atoms with Gasteiger partial charge >= 0.3 is 0 Å². The van der Waals surface area contributed by atoms with Gasteiger partial charge in [-0.2, -0.15) is 5.10 Å². The number of para-hydroxylation sites is 1. The quantitative estimate of drug-likeness (QED) is 0.324. The number of ether oxygens (including phenoxy) is 1. The standard InChI is InChI=1S/C22H30N6O2S/c1-4-11-23-19-17-15-25-28(20(17)27-22(26-19)31-14-5-2)13-12-24-21(29)16-9-7-8-10-18(16)30-6-3/h7-10,15H,4-6,11-14H2,1-3H3,(H,24,29)(H,23,26,27). The van der Waals surface area contributed by atoms with E-state index in [1.165, 1.54) is 0 Å². The van der Waals surface area contributed by atoms with E-state index in [0.717, 1.165) is 47.1 Å². The maximum absolute atomic E-state index is 12.6. The van der Waals surface area contributed by atoms with Crippen LogP contribution in [0.15, 0.2) is 35.6 Å². The number of amides is 1. The van der Waals surface area contributed by atoms with Gasteiger partial charge in [-0.05, 0) is 31.9 Å². The van der Waals surface area contributed by atoms with E-state index in [0.29, 0.717) is 31.0 Å². The summed E-state index contributed by atoms with van der Waals surface area (Å²) in [5.74, 6) is 2.19. The van der Waals surface area contributed by atoms with Crippen LogP contribution in [0.2, 0.25) is 0 Å². The predicted molar refractivity (Wildman–Crippen MR) is 125 cm³/mol. The molecule has 0 aliphatic heterocycles. The number of carbonyl (C=O) groups is 1. The number of anilines is 1. The lowest BCUT2D eigenvalue weighted by Crippen LogP contribution is -2.28. The number of benzene rings is 1. The molecule has 9 heteroatoms. The number of aromatic nitrogens is 4. The fourth-order valence-electron chi connectivity index (χ4n) is 3.04. The summed E-state index contributed by atoms with van der Waals surface area (Å²) < 4.78 is 7.37. The number of fused-ring (bicyclic) bond motifs is 1. The van der Waals surface area contributed by atoms with Gasteiger partial charge in [-0.25, -0.2) is 14.6 Å². The van der Waals surface area contributed by atoms with Gasteiger partial charge in [0.2, 0.25) is 0 Å². The van der Waals surface area contributed by atoms with Crippen molar-refractivity contribution < 1.29 is 9.53 Å². The molecule has 0 aliphatic rings. The topological polar surface area (TPSA) is 94.0 Å². The summed E-state index contributed by atoms with van der Waals surface area (Å²) in [7, 11) is 0. The van der Waals surface area contributed by atoms with Gasteiger partial charge < -0.3 is 15.4 Å². The Kier molecular flexibility index (Phi) is 8.52. The molecular formula is C22H30N6O2S. The number of carbonyl (C=O) groups excluding carboxylic acids is 1. The number of hydrogen-bond donors (Lipinski definition) is 2. The van der Waals surface area contributed by atoms with Crippen LogP contribution in [0.4, 0.5) is 5.82 Å². The van der Waals surface area contributed by atoms with Gasteiger partial charge in [0.25, 0.3) is 5.91 Å². The van der Waals surface area contributed by atoms with E-state index in [1.54, 1.807) is 30.1 Å². The monoisotopic (exact) mass is 442 g/mol. The second-order valence-corrected chi connectivity index (χ2v) is 7.98. The highest BCUT2D eigenvalue weighted by molar-refractivity contribution is 7.99. The molecule has 0 atom stereocenters. The molecule has 31 heavy (non-hydrogen) atoms. The Morgan fingerprint density at radius 2 is 1.97 bits per heavy atom. The van der Waals surface area contributed by atoms with Crippen molar-refractivity contribution in [2.75, 3.05) is 30.8 Å². The van der Waals surface area contributed by atoms with Gasteiger partial charge in [-0.3, -0.25) is 4.79 Å². The Balaban J connectivity index is 1.73. The first kappa shape index (κ1) is 22.9. The lowest BCUT2D eigenvalue weighted by atomic mass is 10.2. The molecular weight excluding hydrogens is 412 g/mol. The molecule has 0 unspecified atom stereocenters. The van der Waals surface area contributed by atoms with Crippen LogP contribution in [-0.4, -0.2) is 51.1 Å². The van der Waals surface area contributed by atoms with Crippen molar-refractivity contribution in [2.24, 2.45) is 0 Å². The van der Waals surface area contributed by atoms with E-state index in [2.05, 4.69) is 34.6 Å². The summed E-state index contributed by atoms with van der Waals surface area (Å²) in [5, 5.41) is 12.5. The number of rotatable bonds is 12. The summed E-state index contributed by atoms with van der Waals surface area (Å²) in [6.45, 7) is 8.44. The maximum atomic E-state index is 12.6. The van der Waals surface area contributed by atoms with E-state index >= 15 is 0 Å². The first-order valence-corrected chi connectivity index (χ1v) is 11.8. The zero-order chi connectivity index (χ0) is 22.1. The third kappa shape index (κ3) is 5.88. The Labute approximate surface area is 187 Å². The fourth-order valence-corrected chi connectivity index (χ4v) is 3.73. The molecule has 0 radical (unpaired) electrons. The average molecular weight is 443 g/mol. The van der Waals surface area contributed by atoms with Gasteiger partial charge in [-0.1, -0.05) is 37.7 Å². The molecule has 0 aliphatic carbocycles. The number of hydrogen-bond acceptors (Lipinski definition) is 7. The van der Waals surface area contributed by atoms with Crippen molar-refractivity contribution in [1.82, 2.24) is 25.1 Å². The summed E-state index contributed by atoms with van der Waals surface area (Å²) in [4.78, 5) is 22.0. The first-order chi connectivity index (χ1) is 15.2. The second kappa shape index (κ2) is 11.5. The lowest BCUT2D eigenvalue weighted by molar-refractivity contribution is 0.0948. The van der Waals surface area contributed by atoms with E-state index < -0.39 is 0 Å². The second-order valence-electron chi connectivity index (χ2n) is 6.92. The zero-order valence-electron chi connectivity index (χ0n) is 18.4. The van der Waals surface area contributed by atoms with Gasteiger partial charge in [0.05, 0.1) is 30.3 Å². The molecule has 0 saturated carbocycles. The highest BCUT2D eigenvalue weighted by atomic mass is 32.2. The van der Waals surface area contributed by atoms with Gasteiger partial charge in [0.1, 0.15) is 11.6 Å².